The van der Waals surface area contributed by atoms with Gasteiger partial charge >= 0.3 is 0 Å². The molecule has 0 aliphatic carbocycles. The Labute approximate surface area is 76.8 Å². The van der Waals surface area contributed by atoms with Gasteiger partial charge in [-0.1, -0.05) is 25.6 Å². The molecule has 1 rings (SSSR count). The first-order chi connectivity index (χ1) is 5.72. The van der Waals surface area contributed by atoms with Crippen LogP contribution in [0.1, 0.15) is 19.5 Å². The summed E-state index contributed by atoms with van der Waals surface area (Å²) in [6.45, 7) is 4.71. The fraction of sp³-hybridized carbons (Fsp3) is 0.500. The summed E-state index contributed by atoms with van der Waals surface area (Å²) in [4.78, 5) is 8.38. The van der Waals surface area contributed by atoms with Crippen molar-refractivity contribution in [2.24, 2.45) is 5.73 Å². The zero-order chi connectivity index (χ0) is 8.97. The van der Waals surface area contributed by atoms with Gasteiger partial charge in [0.05, 0.1) is 5.69 Å². The molecular formula is C8H13N3S. The van der Waals surface area contributed by atoms with Gasteiger partial charge in [0.15, 0.2) is 5.16 Å². The number of hydrogen-bond donors (Lipinski definition) is 1. The zero-order valence-electron chi connectivity index (χ0n) is 7.32. The van der Waals surface area contributed by atoms with Crippen molar-refractivity contribution in [3.8, 4) is 0 Å². The minimum absolute atomic E-state index is 0.480. The predicted octanol–water partition coefficient (Wildman–Crippen LogP) is 1.44. The summed E-state index contributed by atoms with van der Waals surface area (Å²) in [7, 11) is 0. The van der Waals surface area contributed by atoms with E-state index in [0.29, 0.717) is 11.8 Å². The van der Waals surface area contributed by atoms with Gasteiger partial charge in [0.1, 0.15) is 0 Å². The summed E-state index contributed by atoms with van der Waals surface area (Å²) >= 11 is 1.65. The Morgan fingerprint density at radius 2 is 2.33 bits per heavy atom. The molecule has 1 aromatic heterocycles. The van der Waals surface area contributed by atoms with E-state index >= 15 is 0 Å². The van der Waals surface area contributed by atoms with Crippen LogP contribution in [0.5, 0.6) is 0 Å². The van der Waals surface area contributed by atoms with Crippen LogP contribution in [0.25, 0.3) is 0 Å². The molecule has 0 saturated carbocycles. The zero-order valence-corrected chi connectivity index (χ0v) is 8.14. The molecule has 0 fully saturated rings. The number of rotatable bonds is 3. The summed E-state index contributed by atoms with van der Waals surface area (Å²) in [5, 5.41) is 1.32. The van der Waals surface area contributed by atoms with Gasteiger partial charge in [0.2, 0.25) is 0 Å². The third-order valence-corrected chi connectivity index (χ3v) is 2.12. The van der Waals surface area contributed by atoms with Crippen molar-refractivity contribution in [3.05, 3.63) is 18.0 Å². The first kappa shape index (κ1) is 9.48. The van der Waals surface area contributed by atoms with Crippen LogP contribution in [0.2, 0.25) is 0 Å². The Morgan fingerprint density at radius 1 is 1.58 bits per heavy atom. The lowest BCUT2D eigenvalue weighted by atomic mass is 10.4. The normalized spacial score (nSPS) is 10.7. The molecule has 3 nitrogen and oxygen atoms in total. The first-order valence-corrected chi connectivity index (χ1v) is 4.79. The molecule has 0 aliphatic rings. The van der Waals surface area contributed by atoms with Crippen molar-refractivity contribution in [1.29, 1.82) is 0 Å². The van der Waals surface area contributed by atoms with Crippen LogP contribution in [-0.4, -0.2) is 15.2 Å². The van der Waals surface area contributed by atoms with Crippen LogP contribution in [0.4, 0.5) is 0 Å². The van der Waals surface area contributed by atoms with E-state index in [1.807, 2.05) is 6.07 Å². The Kier molecular flexibility index (Phi) is 3.49. The number of aromatic nitrogens is 2. The Bertz CT molecular complexity index is 250. The van der Waals surface area contributed by atoms with E-state index < -0.39 is 0 Å². The van der Waals surface area contributed by atoms with Gasteiger partial charge in [0.25, 0.3) is 0 Å². The summed E-state index contributed by atoms with van der Waals surface area (Å²) < 4.78 is 0. The maximum Gasteiger partial charge on any atom is 0.188 e. The number of thioether (sulfide) groups is 1. The van der Waals surface area contributed by atoms with E-state index in [4.69, 9.17) is 5.73 Å². The molecule has 2 N–H and O–H groups in total. The van der Waals surface area contributed by atoms with Gasteiger partial charge in [-0.2, -0.15) is 0 Å². The van der Waals surface area contributed by atoms with Crippen LogP contribution in [-0.2, 0) is 6.54 Å². The second-order valence-corrected chi connectivity index (χ2v) is 4.24. The van der Waals surface area contributed by atoms with Crippen molar-refractivity contribution in [2.45, 2.75) is 30.8 Å². The highest BCUT2D eigenvalue weighted by molar-refractivity contribution is 7.99. The number of nitrogens with two attached hydrogens (primary N) is 1. The van der Waals surface area contributed by atoms with Crippen molar-refractivity contribution in [3.63, 3.8) is 0 Å². The molecule has 66 valence electrons. The maximum atomic E-state index is 5.45. The molecule has 1 heterocycles. The molecule has 1 aromatic rings. The Hall–Kier alpha value is -0.610. The fourth-order valence-corrected chi connectivity index (χ4v) is 1.47. The molecule has 0 radical (unpaired) electrons. The van der Waals surface area contributed by atoms with Crippen molar-refractivity contribution < 1.29 is 0 Å². The fourth-order valence-electron chi connectivity index (χ4n) is 0.757. The Balaban J connectivity index is 2.72. The van der Waals surface area contributed by atoms with Crippen LogP contribution in [0.3, 0.4) is 0 Å². The largest absolute Gasteiger partial charge is 0.325 e. The van der Waals surface area contributed by atoms with Gasteiger partial charge in [-0.3, -0.25) is 0 Å². The first-order valence-electron chi connectivity index (χ1n) is 3.91. The van der Waals surface area contributed by atoms with Gasteiger partial charge in [-0.25, -0.2) is 9.97 Å². The molecule has 0 spiro atoms. The number of hydrogen-bond acceptors (Lipinski definition) is 4. The minimum Gasteiger partial charge on any atom is -0.325 e. The monoisotopic (exact) mass is 183 g/mol. The van der Waals surface area contributed by atoms with E-state index in [1.165, 1.54) is 0 Å². The highest BCUT2D eigenvalue weighted by Crippen LogP contribution is 2.17. The highest BCUT2D eigenvalue weighted by Gasteiger charge is 2.01. The molecule has 0 bridgehead atoms. The van der Waals surface area contributed by atoms with Crippen LogP contribution in [0, 0.1) is 0 Å². The summed E-state index contributed by atoms with van der Waals surface area (Å²) in [5.41, 5.74) is 6.35. The van der Waals surface area contributed by atoms with E-state index in [-0.39, 0.29) is 0 Å². The smallest absolute Gasteiger partial charge is 0.188 e. The second-order valence-electron chi connectivity index (χ2n) is 2.70. The molecule has 0 aliphatic heterocycles. The SMILES string of the molecule is CC(C)Sc1nccc(CN)n1. The third-order valence-electron chi connectivity index (χ3n) is 1.24. The minimum atomic E-state index is 0.480. The summed E-state index contributed by atoms with van der Waals surface area (Å²) in [6.07, 6.45) is 1.75. The maximum absolute atomic E-state index is 5.45. The standard InChI is InChI=1S/C8H13N3S/c1-6(2)12-8-10-4-3-7(5-9)11-8/h3-4,6H,5,9H2,1-2H3. The van der Waals surface area contributed by atoms with Crippen LogP contribution in [0.15, 0.2) is 17.4 Å². The average molecular weight is 183 g/mol. The lowest BCUT2D eigenvalue weighted by Crippen LogP contribution is -2.01. The van der Waals surface area contributed by atoms with E-state index in [1.54, 1.807) is 18.0 Å². The molecular weight excluding hydrogens is 170 g/mol. The van der Waals surface area contributed by atoms with E-state index in [0.717, 1.165) is 10.9 Å². The molecule has 0 atom stereocenters. The van der Waals surface area contributed by atoms with Gasteiger partial charge < -0.3 is 5.73 Å². The third kappa shape index (κ3) is 2.79. The van der Waals surface area contributed by atoms with Crippen molar-refractivity contribution in [2.75, 3.05) is 0 Å². The van der Waals surface area contributed by atoms with E-state index in [9.17, 15) is 0 Å². The molecule has 0 unspecified atom stereocenters. The lowest BCUT2D eigenvalue weighted by molar-refractivity contribution is 0.870. The Morgan fingerprint density at radius 3 is 2.92 bits per heavy atom. The van der Waals surface area contributed by atoms with Crippen LogP contribution < -0.4 is 5.73 Å². The summed E-state index contributed by atoms with van der Waals surface area (Å²) in [6, 6.07) is 1.84. The molecule has 12 heavy (non-hydrogen) atoms. The predicted molar refractivity (Wildman–Crippen MR) is 50.9 cm³/mol. The highest BCUT2D eigenvalue weighted by atomic mass is 32.2. The van der Waals surface area contributed by atoms with Gasteiger partial charge in [0, 0.05) is 18.0 Å². The average Bonchev–Trinajstić information content (AvgIpc) is 2.03. The molecule has 4 heteroatoms. The molecule has 0 amide bonds. The summed E-state index contributed by atoms with van der Waals surface area (Å²) in [5.74, 6) is 0. The molecule has 0 saturated heterocycles. The van der Waals surface area contributed by atoms with E-state index in [2.05, 4.69) is 23.8 Å². The van der Waals surface area contributed by atoms with Gasteiger partial charge in [-0.15, -0.1) is 0 Å². The lowest BCUT2D eigenvalue weighted by Gasteiger charge is -2.03. The molecule has 0 aromatic carbocycles. The van der Waals surface area contributed by atoms with Gasteiger partial charge in [-0.05, 0) is 6.07 Å². The van der Waals surface area contributed by atoms with Crippen molar-refractivity contribution in [1.82, 2.24) is 9.97 Å². The second kappa shape index (κ2) is 4.42. The number of nitrogens with zero attached hydrogens (tertiary/aromatic N) is 2. The van der Waals surface area contributed by atoms with Crippen LogP contribution >= 0.6 is 11.8 Å². The quantitative estimate of drug-likeness (QED) is 0.569. The topological polar surface area (TPSA) is 51.8 Å². The van der Waals surface area contributed by atoms with Crippen molar-refractivity contribution >= 4 is 11.8 Å².